The topological polar surface area (TPSA) is 77.2 Å². The van der Waals surface area contributed by atoms with Gasteiger partial charge in [0.25, 0.3) is 5.91 Å². The van der Waals surface area contributed by atoms with E-state index in [2.05, 4.69) is 17.1 Å². The molecule has 4 rings (SSSR count). The highest BCUT2D eigenvalue weighted by atomic mass is 16.5. The third-order valence-electron chi connectivity index (χ3n) is 4.88. The molecule has 1 atom stereocenters. The highest BCUT2D eigenvalue weighted by Gasteiger charge is 2.27. The molecule has 0 fully saturated rings. The number of primary amides is 1. The molecule has 2 aromatic carbocycles. The van der Waals surface area contributed by atoms with Crippen LogP contribution >= 0.6 is 0 Å². The van der Waals surface area contributed by atoms with E-state index in [1.807, 2.05) is 60.7 Å². The lowest BCUT2D eigenvalue weighted by Crippen LogP contribution is -2.27. The zero-order chi connectivity index (χ0) is 21.5. The van der Waals surface area contributed by atoms with E-state index in [-0.39, 0.29) is 6.10 Å². The smallest absolute Gasteiger partial charge is 0.265 e. The second-order valence-corrected chi connectivity index (χ2v) is 6.98. The van der Waals surface area contributed by atoms with E-state index in [4.69, 9.17) is 15.2 Å². The van der Waals surface area contributed by atoms with E-state index in [1.165, 1.54) is 6.40 Å². The van der Waals surface area contributed by atoms with E-state index in [0.717, 1.165) is 22.1 Å². The SMILES string of the molecule is NC(=O)C1=CC2CN1C=CN=COCC=CC=CC=Cc1c(ccc3ccccc13)O2. The largest absolute Gasteiger partial charge is 0.484 e. The number of fused-ring (bicyclic) bond motifs is 5. The summed E-state index contributed by atoms with van der Waals surface area (Å²) in [7, 11) is 0. The van der Waals surface area contributed by atoms with Crippen LogP contribution < -0.4 is 10.5 Å². The molecular weight excluding hydrogens is 390 g/mol. The summed E-state index contributed by atoms with van der Waals surface area (Å²) in [5.41, 5.74) is 6.91. The van der Waals surface area contributed by atoms with E-state index >= 15 is 0 Å². The number of rotatable bonds is 1. The van der Waals surface area contributed by atoms with E-state index < -0.39 is 5.91 Å². The minimum absolute atomic E-state index is 0.335. The summed E-state index contributed by atoms with van der Waals surface area (Å²) in [5.74, 6) is 0.220. The molecule has 6 nitrogen and oxygen atoms in total. The van der Waals surface area contributed by atoms with Crippen LogP contribution in [0.1, 0.15) is 5.56 Å². The Morgan fingerprint density at radius 2 is 1.97 bits per heavy atom. The molecule has 2 N–H and O–H groups in total. The summed E-state index contributed by atoms with van der Waals surface area (Å²) in [4.78, 5) is 17.7. The van der Waals surface area contributed by atoms with Gasteiger partial charge in [-0.15, -0.1) is 0 Å². The Balaban J connectivity index is 1.74. The third-order valence-corrected chi connectivity index (χ3v) is 4.88. The Hall–Kier alpha value is -4.06. The number of hydrogen-bond donors (Lipinski definition) is 1. The van der Waals surface area contributed by atoms with Crippen molar-refractivity contribution in [3.8, 4) is 5.75 Å². The lowest BCUT2D eigenvalue weighted by molar-refractivity contribution is -0.115. The van der Waals surface area contributed by atoms with Gasteiger partial charge in [-0.25, -0.2) is 4.99 Å². The van der Waals surface area contributed by atoms with Gasteiger partial charge in [-0.2, -0.15) is 0 Å². The van der Waals surface area contributed by atoms with Gasteiger partial charge in [0.1, 0.15) is 24.2 Å². The van der Waals surface area contributed by atoms with Crippen molar-refractivity contribution < 1.29 is 14.3 Å². The lowest BCUT2D eigenvalue weighted by atomic mass is 10.0. The molecule has 2 heterocycles. The summed E-state index contributed by atoms with van der Waals surface area (Å²) in [5, 5.41) is 2.21. The number of aliphatic imine (C=N–C) groups is 1. The standard InChI is InChI=1S/C25H23N3O3/c26-25(29)23-16-20-17-28(23)14-13-27-18-30-15-7-3-1-2-4-10-22-21-9-6-5-8-19(21)11-12-24(22)31-20/h1-14,16,18,20H,15,17H2,(H2,26,29). The predicted octanol–water partition coefficient (Wildman–Crippen LogP) is 3.93. The van der Waals surface area contributed by atoms with Crippen molar-refractivity contribution in [3.63, 3.8) is 0 Å². The van der Waals surface area contributed by atoms with E-state index in [0.29, 0.717) is 18.8 Å². The highest BCUT2D eigenvalue weighted by molar-refractivity contribution is 5.93. The van der Waals surface area contributed by atoms with Crippen molar-refractivity contribution in [1.29, 1.82) is 0 Å². The second-order valence-electron chi connectivity index (χ2n) is 6.98. The summed E-state index contributed by atoms with van der Waals surface area (Å²) < 4.78 is 11.6. The summed E-state index contributed by atoms with van der Waals surface area (Å²) >= 11 is 0. The second kappa shape index (κ2) is 9.63. The molecule has 2 bridgehead atoms. The van der Waals surface area contributed by atoms with Crippen LogP contribution in [-0.2, 0) is 9.53 Å². The maximum absolute atomic E-state index is 11.9. The number of amides is 1. The molecule has 0 radical (unpaired) electrons. The molecule has 156 valence electrons. The van der Waals surface area contributed by atoms with Gasteiger partial charge in [0, 0.05) is 18.0 Å². The van der Waals surface area contributed by atoms with Crippen molar-refractivity contribution in [2.45, 2.75) is 6.10 Å². The van der Waals surface area contributed by atoms with Crippen LogP contribution in [0.2, 0.25) is 0 Å². The molecule has 0 saturated heterocycles. The number of nitrogens with two attached hydrogens (primary N) is 1. The molecule has 0 aliphatic carbocycles. The molecule has 31 heavy (non-hydrogen) atoms. The number of nitrogens with zero attached hydrogens (tertiary/aromatic N) is 2. The van der Waals surface area contributed by atoms with Gasteiger partial charge in [0.15, 0.2) is 6.40 Å². The minimum atomic E-state index is -0.518. The Kier molecular flexibility index (Phi) is 6.28. The first-order valence-corrected chi connectivity index (χ1v) is 9.99. The van der Waals surface area contributed by atoms with Crippen molar-refractivity contribution >= 4 is 29.2 Å². The molecule has 0 spiro atoms. The highest BCUT2D eigenvalue weighted by Crippen LogP contribution is 2.31. The van der Waals surface area contributed by atoms with Crippen LogP contribution in [0.15, 0.2) is 95.9 Å². The fraction of sp³-hybridized carbons (Fsp3) is 0.120. The molecular formula is C25H23N3O3. The van der Waals surface area contributed by atoms with Crippen LogP contribution in [0.4, 0.5) is 0 Å². The monoisotopic (exact) mass is 413 g/mol. The number of benzene rings is 2. The Bertz CT molecular complexity index is 1140. The number of carbonyl (C=O) groups excluding carboxylic acids is 1. The Morgan fingerprint density at radius 1 is 1.10 bits per heavy atom. The fourth-order valence-corrected chi connectivity index (χ4v) is 3.48. The van der Waals surface area contributed by atoms with Crippen LogP contribution in [0.25, 0.3) is 16.8 Å². The number of allylic oxidation sites excluding steroid dienone is 4. The summed E-state index contributed by atoms with van der Waals surface area (Å²) in [6.45, 7) is 0.856. The lowest BCUT2D eigenvalue weighted by Gasteiger charge is -2.18. The van der Waals surface area contributed by atoms with Gasteiger partial charge in [-0.3, -0.25) is 4.79 Å². The molecule has 0 aromatic heterocycles. The molecule has 2 aromatic rings. The van der Waals surface area contributed by atoms with Gasteiger partial charge in [0.05, 0.1) is 6.54 Å². The van der Waals surface area contributed by atoms with E-state index in [9.17, 15) is 4.79 Å². The van der Waals surface area contributed by atoms with Gasteiger partial charge >= 0.3 is 0 Å². The zero-order valence-corrected chi connectivity index (χ0v) is 16.9. The molecule has 2 aliphatic rings. The first-order chi connectivity index (χ1) is 15.2. The third kappa shape index (κ3) is 4.93. The first kappa shape index (κ1) is 20.2. The van der Waals surface area contributed by atoms with Crippen molar-refractivity contribution in [3.05, 3.63) is 96.5 Å². The Morgan fingerprint density at radius 3 is 2.87 bits per heavy atom. The van der Waals surface area contributed by atoms with Crippen LogP contribution in [-0.4, -0.2) is 36.5 Å². The molecule has 2 aliphatic heterocycles. The van der Waals surface area contributed by atoms with Gasteiger partial charge in [0.2, 0.25) is 0 Å². The number of hydrogen-bond acceptors (Lipinski definition) is 5. The first-order valence-electron chi connectivity index (χ1n) is 9.99. The molecule has 1 amide bonds. The average molecular weight is 413 g/mol. The van der Waals surface area contributed by atoms with Crippen molar-refractivity contribution in [1.82, 2.24) is 4.90 Å². The Labute approximate surface area is 181 Å². The summed E-state index contributed by atoms with van der Waals surface area (Å²) in [6.07, 6.45) is 17.7. The molecule has 1 unspecified atom stereocenters. The normalized spacial score (nSPS) is 18.6. The van der Waals surface area contributed by atoms with Crippen molar-refractivity contribution in [2.75, 3.05) is 13.2 Å². The predicted molar refractivity (Wildman–Crippen MR) is 123 cm³/mol. The van der Waals surface area contributed by atoms with Crippen LogP contribution in [0.5, 0.6) is 5.75 Å². The number of ether oxygens (including phenoxy) is 2. The van der Waals surface area contributed by atoms with Crippen LogP contribution in [0.3, 0.4) is 0 Å². The van der Waals surface area contributed by atoms with E-state index in [1.54, 1.807) is 23.4 Å². The summed E-state index contributed by atoms with van der Waals surface area (Å²) in [6, 6.07) is 12.2. The van der Waals surface area contributed by atoms with Crippen molar-refractivity contribution in [2.24, 2.45) is 10.7 Å². The van der Waals surface area contributed by atoms with Crippen LogP contribution in [0, 0.1) is 0 Å². The minimum Gasteiger partial charge on any atom is -0.484 e. The van der Waals surface area contributed by atoms with Gasteiger partial charge in [-0.05, 0) is 29.0 Å². The molecule has 6 heteroatoms. The fourth-order valence-electron chi connectivity index (χ4n) is 3.48. The van der Waals surface area contributed by atoms with Gasteiger partial charge < -0.3 is 20.1 Å². The quantitative estimate of drug-likeness (QED) is 0.769. The average Bonchev–Trinajstić information content (AvgIpc) is 3.18. The molecule has 0 saturated carbocycles. The van der Waals surface area contributed by atoms with Gasteiger partial charge in [-0.1, -0.05) is 60.7 Å². The maximum atomic E-state index is 11.9. The zero-order valence-electron chi connectivity index (χ0n) is 16.9. The number of carbonyl (C=O) groups is 1. The maximum Gasteiger partial charge on any atom is 0.265 e.